The van der Waals surface area contributed by atoms with Crippen molar-refractivity contribution in [2.45, 2.75) is 53.8 Å². The SMILES string of the molecule is CCOC(=O)c1c(NC(=O)CC(C)(C)C)sc2c1C(C)OC2. The first-order valence-electron chi connectivity index (χ1n) is 7.47. The molecular weight excluding hydrogens is 302 g/mol. The van der Waals surface area contributed by atoms with Crippen LogP contribution in [0.5, 0.6) is 0 Å². The summed E-state index contributed by atoms with van der Waals surface area (Å²) in [5, 5.41) is 3.46. The molecule has 1 amide bonds. The van der Waals surface area contributed by atoms with Gasteiger partial charge in [-0.25, -0.2) is 4.79 Å². The van der Waals surface area contributed by atoms with Crippen LogP contribution in [0, 0.1) is 5.41 Å². The summed E-state index contributed by atoms with van der Waals surface area (Å²) in [6.45, 7) is 10.5. The summed E-state index contributed by atoms with van der Waals surface area (Å²) in [6, 6.07) is 0. The number of carbonyl (C=O) groups excluding carboxylic acids is 2. The Hall–Kier alpha value is -1.40. The summed E-state index contributed by atoms with van der Waals surface area (Å²) in [5.74, 6) is -0.491. The molecule has 0 radical (unpaired) electrons. The molecule has 122 valence electrons. The molecule has 1 aromatic heterocycles. The normalized spacial score (nSPS) is 17.2. The first-order chi connectivity index (χ1) is 10.2. The van der Waals surface area contributed by atoms with Crippen LogP contribution in [0.2, 0.25) is 0 Å². The summed E-state index contributed by atoms with van der Waals surface area (Å²) >= 11 is 1.40. The number of hydrogen-bond acceptors (Lipinski definition) is 5. The van der Waals surface area contributed by atoms with E-state index in [0.29, 0.717) is 30.2 Å². The van der Waals surface area contributed by atoms with Gasteiger partial charge in [0.05, 0.1) is 19.3 Å². The van der Waals surface area contributed by atoms with E-state index in [4.69, 9.17) is 9.47 Å². The molecule has 0 fully saturated rings. The molecule has 0 spiro atoms. The highest BCUT2D eigenvalue weighted by Gasteiger charge is 2.33. The van der Waals surface area contributed by atoms with Crippen molar-refractivity contribution < 1.29 is 19.1 Å². The van der Waals surface area contributed by atoms with Crippen LogP contribution in [-0.4, -0.2) is 18.5 Å². The van der Waals surface area contributed by atoms with Gasteiger partial charge in [-0.2, -0.15) is 0 Å². The van der Waals surface area contributed by atoms with Gasteiger partial charge in [0.15, 0.2) is 0 Å². The summed E-state index contributed by atoms with van der Waals surface area (Å²) in [4.78, 5) is 25.4. The van der Waals surface area contributed by atoms with Gasteiger partial charge in [-0.05, 0) is 19.3 Å². The summed E-state index contributed by atoms with van der Waals surface area (Å²) < 4.78 is 10.7. The zero-order chi connectivity index (χ0) is 16.5. The molecule has 1 N–H and O–H groups in total. The van der Waals surface area contributed by atoms with Crippen molar-refractivity contribution in [3.05, 3.63) is 16.0 Å². The fraction of sp³-hybridized carbons (Fsp3) is 0.625. The summed E-state index contributed by atoms with van der Waals surface area (Å²) in [7, 11) is 0. The minimum absolute atomic E-state index is 0.0912. The highest BCUT2D eigenvalue weighted by Crippen LogP contribution is 2.44. The molecule has 6 heteroatoms. The maximum atomic E-state index is 12.3. The number of nitrogens with one attached hydrogen (secondary N) is 1. The number of anilines is 1. The second-order valence-electron chi connectivity index (χ2n) is 6.60. The van der Waals surface area contributed by atoms with Crippen LogP contribution in [0.15, 0.2) is 0 Å². The molecule has 5 nitrogen and oxygen atoms in total. The Kier molecular flexibility index (Phi) is 4.92. The minimum atomic E-state index is -0.400. The van der Waals surface area contributed by atoms with Gasteiger partial charge < -0.3 is 14.8 Å². The maximum Gasteiger partial charge on any atom is 0.341 e. The summed E-state index contributed by atoms with van der Waals surface area (Å²) in [6.07, 6.45) is 0.239. The number of thiophene rings is 1. The molecule has 1 aliphatic heterocycles. The number of carbonyl (C=O) groups is 2. The van der Waals surface area contributed by atoms with E-state index in [0.717, 1.165) is 10.4 Å². The zero-order valence-corrected chi connectivity index (χ0v) is 14.6. The van der Waals surface area contributed by atoms with Crippen molar-refractivity contribution in [3.63, 3.8) is 0 Å². The molecule has 0 saturated heterocycles. The van der Waals surface area contributed by atoms with E-state index in [1.54, 1.807) is 6.92 Å². The van der Waals surface area contributed by atoms with E-state index < -0.39 is 5.97 Å². The first kappa shape index (κ1) is 17.0. The van der Waals surface area contributed by atoms with E-state index in [9.17, 15) is 9.59 Å². The molecule has 1 aliphatic rings. The topological polar surface area (TPSA) is 64.6 Å². The molecule has 0 saturated carbocycles. The van der Waals surface area contributed by atoms with Gasteiger partial charge >= 0.3 is 5.97 Å². The minimum Gasteiger partial charge on any atom is -0.462 e. The maximum absolute atomic E-state index is 12.3. The first-order valence-corrected chi connectivity index (χ1v) is 8.28. The number of rotatable bonds is 4. The van der Waals surface area contributed by atoms with Crippen molar-refractivity contribution in [3.8, 4) is 0 Å². The number of ether oxygens (including phenoxy) is 2. The number of amides is 1. The van der Waals surface area contributed by atoms with Crippen molar-refractivity contribution in [1.82, 2.24) is 0 Å². The average Bonchev–Trinajstić information content (AvgIpc) is 2.87. The van der Waals surface area contributed by atoms with E-state index in [1.165, 1.54) is 11.3 Å². The lowest BCUT2D eigenvalue weighted by Gasteiger charge is -2.17. The molecule has 2 rings (SSSR count). The van der Waals surface area contributed by atoms with E-state index in [1.807, 2.05) is 27.7 Å². The van der Waals surface area contributed by atoms with E-state index in [-0.39, 0.29) is 17.4 Å². The monoisotopic (exact) mass is 325 g/mol. The molecule has 22 heavy (non-hydrogen) atoms. The Morgan fingerprint density at radius 2 is 2.09 bits per heavy atom. The number of esters is 1. The van der Waals surface area contributed by atoms with Crippen LogP contribution in [0.25, 0.3) is 0 Å². The van der Waals surface area contributed by atoms with Gasteiger partial charge in [0.25, 0.3) is 0 Å². The van der Waals surface area contributed by atoms with Crippen LogP contribution >= 0.6 is 11.3 Å². The van der Waals surface area contributed by atoms with Crippen LogP contribution in [0.3, 0.4) is 0 Å². The van der Waals surface area contributed by atoms with E-state index in [2.05, 4.69) is 5.32 Å². The zero-order valence-electron chi connectivity index (χ0n) is 13.7. The second kappa shape index (κ2) is 6.38. The molecule has 1 unspecified atom stereocenters. The molecule has 0 bridgehead atoms. The lowest BCUT2D eigenvalue weighted by atomic mass is 9.92. The summed E-state index contributed by atoms with van der Waals surface area (Å²) in [5.41, 5.74) is 1.20. The third kappa shape index (κ3) is 3.67. The Bertz CT molecular complexity index is 586. The predicted octanol–water partition coefficient (Wildman–Crippen LogP) is 3.89. The van der Waals surface area contributed by atoms with Crippen molar-refractivity contribution in [2.75, 3.05) is 11.9 Å². The molecule has 0 aromatic carbocycles. The standard InChI is InChI=1S/C16H23NO4S/c1-6-20-15(19)13-12-9(2)21-8-10(12)22-14(13)17-11(18)7-16(3,4)5/h9H,6-8H2,1-5H3,(H,17,18). The number of hydrogen-bond donors (Lipinski definition) is 1. The lowest BCUT2D eigenvalue weighted by Crippen LogP contribution is -2.20. The van der Waals surface area contributed by atoms with Gasteiger partial charge in [-0.3, -0.25) is 4.79 Å². The van der Waals surface area contributed by atoms with Crippen LogP contribution in [0.1, 0.15) is 67.9 Å². The van der Waals surface area contributed by atoms with Crippen molar-refractivity contribution in [1.29, 1.82) is 0 Å². The van der Waals surface area contributed by atoms with Crippen LogP contribution in [0.4, 0.5) is 5.00 Å². The van der Waals surface area contributed by atoms with Crippen molar-refractivity contribution >= 4 is 28.2 Å². The Labute approximate surface area is 135 Å². The molecular formula is C16H23NO4S. The Morgan fingerprint density at radius 3 is 2.68 bits per heavy atom. The predicted molar refractivity (Wildman–Crippen MR) is 86.2 cm³/mol. The highest BCUT2D eigenvalue weighted by molar-refractivity contribution is 7.17. The lowest BCUT2D eigenvalue weighted by molar-refractivity contribution is -0.117. The fourth-order valence-corrected chi connectivity index (χ4v) is 3.67. The van der Waals surface area contributed by atoms with Gasteiger partial charge in [-0.15, -0.1) is 11.3 Å². The van der Waals surface area contributed by atoms with Crippen molar-refractivity contribution in [2.24, 2.45) is 5.41 Å². The van der Waals surface area contributed by atoms with Crippen LogP contribution < -0.4 is 5.32 Å². The Morgan fingerprint density at radius 1 is 1.41 bits per heavy atom. The Balaban J connectivity index is 2.30. The number of fused-ring (bicyclic) bond motifs is 1. The molecule has 0 aliphatic carbocycles. The molecule has 1 aromatic rings. The van der Waals surface area contributed by atoms with E-state index >= 15 is 0 Å². The highest BCUT2D eigenvalue weighted by atomic mass is 32.1. The molecule has 2 heterocycles. The largest absolute Gasteiger partial charge is 0.462 e. The third-order valence-corrected chi connectivity index (χ3v) is 4.41. The molecule has 1 atom stereocenters. The average molecular weight is 325 g/mol. The fourth-order valence-electron chi connectivity index (χ4n) is 2.46. The smallest absolute Gasteiger partial charge is 0.341 e. The van der Waals surface area contributed by atoms with Crippen LogP contribution in [-0.2, 0) is 20.9 Å². The van der Waals surface area contributed by atoms with Gasteiger partial charge in [0.2, 0.25) is 5.91 Å². The van der Waals surface area contributed by atoms with Gasteiger partial charge in [-0.1, -0.05) is 20.8 Å². The third-order valence-electron chi connectivity index (χ3n) is 3.32. The van der Waals surface area contributed by atoms with Gasteiger partial charge in [0.1, 0.15) is 10.6 Å². The second-order valence-corrected chi connectivity index (χ2v) is 7.71. The van der Waals surface area contributed by atoms with Gasteiger partial charge in [0, 0.05) is 16.9 Å². The quantitative estimate of drug-likeness (QED) is 0.853.